The Morgan fingerprint density at radius 3 is 2.62 bits per heavy atom. The molecule has 0 amide bonds. The lowest BCUT2D eigenvalue weighted by atomic mass is 10.1. The first kappa shape index (κ1) is 13.7. The van der Waals surface area contributed by atoms with Gasteiger partial charge in [-0.2, -0.15) is 0 Å². The minimum absolute atomic E-state index is 0.593. The summed E-state index contributed by atoms with van der Waals surface area (Å²) in [6, 6.07) is 14.8. The van der Waals surface area contributed by atoms with Gasteiger partial charge in [-0.1, -0.05) is 44.2 Å². The normalized spacial score (nSPS) is 11.2. The van der Waals surface area contributed by atoms with Gasteiger partial charge in [0.05, 0.1) is 5.69 Å². The topological polar surface area (TPSA) is 29.9 Å². The summed E-state index contributed by atoms with van der Waals surface area (Å²) in [7, 11) is 0. The molecule has 0 aliphatic carbocycles. The van der Waals surface area contributed by atoms with Crippen LogP contribution in [0.4, 0.5) is 11.6 Å². The predicted octanol–water partition coefficient (Wildman–Crippen LogP) is 4.74. The molecule has 0 aliphatic heterocycles. The third-order valence-corrected chi connectivity index (χ3v) is 3.46. The summed E-state index contributed by atoms with van der Waals surface area (Å²) in [6.07, 6.45) is 2.10. The monoisotopic (exact) mass is 279 g/mol. The first-order valence-corrected chi connectivity index (χ1v) is 7.41. The van der Waals surface area contributed by atoms with E-state index in [1.54, 1.807) is 0 Å². The van der Waals surface area contributed by atoms with E-state index in [0.717, 1.165) is 23.9 Å². The number of aromatic nitrogens is 2. The molecule has 1 heterocycles. The van der Waals surface area contributed by atoms with Crippen LogP contribution >= 0.6 is 0 Å². The number of anilines is 2. The maximum absolute atomic E-state index is 4.59. The van der Waals surface area contributed by atoms with E-state index in [9.17, 15) is 0 Å². The van der Waals surface area contributed by atoms with E-state index in [2.05, 4.69) is 77.4 Å². The zero-order valence-corrected chi connectivity index (χ0v) is 12.8. The van der Waals surface area contributed by atoms with Crippen LogP contribution in [0.25, 0.3) is 10.8 Å². The number of nitrogens with zero attached hydrogens (tertiary/aromatic N) is 2. The molecule has 1 aromatic heterocycles. The van der Waals surface area contributed by atoms with E-state index in [4.69, 9.17) is 0 Å². The van der Waals surface area contributed by atoms with Crippen molar-refractivity contribution in [1.29, 1.82) is 0 Å². The molecular weight excluding hydrogens is 258 g/mol. The molecule has 0 saturated carbocycles. The zero-order chi connectivity index (χ0) is 14.8. The summed E-state index contributed by atoms with van der Waals surface area (Å²) >= 11 is 0. The van der Waals surface area contributed by atoms with Gasteiger partial charge in [0.2, 0.25) is 5.95 Å². The highest BCUT2D eigenvalue weighted by Crippen LogP contribution is 2.22. The maximum Gasteiger partial charge on any atom is 0.207 e. The highest BCUT2D eigenvalue weighted by Gasteiger charge is 2.07. The van der Waals surface area contributed by atoms with Crippen molar-refractivity contribution in [3.8, 4) is 0 Å². The molecule has 2 aromatic carbocycles. The number of hydrogen-bond donors (Lipinski definition) is 1. The van der Waals surface area contributed by atoms with Crippen molar-refractivity contribution >= 4 is 22.4 Å². The van der Waals surface area contributed by atoms with Gasteiger partial charge in [-0.25, -0.2) is 4.98 Å². The van der Waals surface area contributed by atoms with Gasteiger partial charge in [-0.05, 0) is 35.7 Å². The third-order valence-electron chi connectivity index (χ3n) is 3.46. The fraction of sp³-hybridized carbons (Fsp3) is 0.278. The Bertz CT molecular complexity index is 756. The lowest BCUT2D eigenvalue weighted by molar-refractivity contribution is 0.527. The van der Waals surface area contributed by atoms with Crippen LogP contribution in [-0.4, -0.2) is 9.55 Å². The second kappa shape index (κ2) is 5.60. The predicted molar refractivity (Wildman–Crippen MR) is 89.0 cm³/mol. The van der Waals surface area contributed by atoms with Crippen molar-refractivity contribution in [1.82, 2.24) is 9.55 Å². The van der Waals surface area contributed by atoms with E-state index in [-0.39, 0.29) is 0 Å². The number of aryl methyl sites for hydroxylation is 1. The van der Waals surface area contributed by atoms with E-state index in [1.165, 1.54) is 10.8 Å². The largest absolute Gasteiger partial charge is 0.326 e. The Morgan fingerprint density at radius 2 is 1.86 bits per heavy atom. The molecule has 0 spiro atoms. The number of imidazole rings is 1. The highest BCUT2D eigenvalue weighted by atomic mass is 15.2. The molecule has 3 rings (SSSR count). The smallest absolute Gasteiger partial charge is 0.207 e. The number of fused-ring (bicyclic) bond motifs is 1. The first-order chi connectivity index (χ1) is 10.1. The summed E-state index contributed by atoms with van der Waals surface area (Å²) in [5.74, 6) is 1.51. The highest BCUT2D eigenvalue weighted by molar-refractivity contribution is 5.86. The zero-order valence-electron chi connectivity index (χ0n) is 12.8. The van der Waals surface area contributed by atoms with Crippen LogP contribution in [0.1, 0.15) is 19.5 Å². The van der Waals surface area contributed by atoms with Crippen molar-refractivity contribution < 1.29 is 0 Å². The van der Waals surface area contributed by atoms with E-state index < -0.39 is 0 Å². The molecule has 3 heteroatoms. The number of rotatable bonds is 4. The quantitative estimate of drug-likeness (QED) is 0.747. The summed E-state index contributed by atoms with van der Waals surface area (Å²) in [5, 5.41) is 5.93. The van der Waals surface area contributed by atoms with Gasteiger partial charge < -0.3 is 9.88 Å². The van der Waals surface area contributed by atoms with Crippen LogP contribution < -0.4 is 5.32 Å². The molecule has 3 aromatic rings. The summed E-state index contributed by atoms with van der Waals surface area (Å²) in [6.45, 7) is 7.43. The maximum atomic E-state index is 4.59. The van der Waals surface area contributed by atoms with Gasteiger partial charge in [0.15, 0.2) is 0 Å². The average molecular weight is 279 g/mol. The SMILES string of the molecule is Cc1cn(CC(C)C)c(Nc2ccc3ccccc3c2)n1. The minimum Gasteiger partial charge on any atom is -0.326 e. The first-order valence-electron chi connectivity index (χ1n) is 7.41. The molecule has 3 nitrogen and oxygen atoms in total. The molecule has 21 heavy (non-hydrogen) atoms. The van der Waals surface area contributed by atoms with E-state index in [0.29, 0.717) is 5.92 Å². The van der Waals surface area contributed by atoms with E-state index >= 15 is 0 Å². The van der Waals surface area contributed by atoms with Crippen LogP contribution in [0.15, 0.2) is 48.7 Å². The van der Waals surface area contributed by atoms with Gasteiger partial charge >= 0.3 is 0 Å². The molecule has 108 valence electrons. The Balaban J connectivity index is 1.91. The Hall–Kier alpha value is -2.29. The molecule has 0 radical (unpaired) electrons. The Morgan fingerprint density at radius 1 is 1.10 bits per heavy atom. The fourth-order valence-electron chi connectivity index (χ4n) is 2.58. The average Bonchev–Trinajstić information content (AvgIpc) is 2.77. The molecule has 0 fully saturated rings. The second-order valence-corrected chi connectivity index (χ2v) is 5.94. The summed E-state index contributed by atoms with van der Waals surface area (Å²) in [5.41, 5.74) is 2.11. The second-order valence-electron chi connectivity index (χ2n) is 5.94. The van der Waals surface area contributed by atoms with Gasteiger partial charge in [-0.3, -0.25) is 0 Å². The lowest BCUT2D eigenvalue weighted by Crippen LogP contribution is -2.07. The number of hydrogen-bond acceptors (Lipinski definition) is 2. The Kier molecular flexibility index (Phi) is 3.65. The number of nitrogens with one attached hydrogen (secondary N) is 1. The van der Waals surface area contributed by atoms with Crippen LogP contribution in [0.2, 0.25) is 0 Å². The third kappa shape index (κ3) is 3.07. The van der Waals surface area contributed by atoms with Crippen molar-refractivity contribution in [3.63, 3.8) is 0 Å². The van der Waals surface area contributed by atoms with Crippen molar-refractivity contribution in [2.24, 2.45) is 5.92 Å². The summed E-state index contributed by atoms with van der Waals surface area (Å²) < 4.78 is 2.19. The minimum atomic E-state index is 0.593. The number of benzene rings is 2. The lowest BCUT2D eigenvalue weighted by Gasteiger charge is -2.12. The van der Waals surface area contributed by atoms with Gasteiger partial charge in [0.1, 0.15) is 0 Å². The van der Waals surface area contributed by atoms with Gasteiger partial charge in [0.25, 0.3) is 0 Å². The molecule has 0 saturated heterocycles. The molecule has 0 atom stereocenters. The van der Waals surface area contributed by atoms with Crippen LogP contribution in [-0.2, 0) is 6.54 Å². The van der Waals surface area contributed by atoms with E-state index in [1.807, 2.05) is 6.92 Å². The van der Waals surface area contributed by atoms with Crippen molar-refractivity contribution in [3.05, 3.63) is 54.4 Å². The molecule has 0 aliphatic rings. The molecule has 0 unspecified atom stereocenters. The molecular formula is C18H21N3. The van der Waals surface area contributed by atoms with Gasteiger partial charge in [0, 0.05) is 18.4 Å². The molecule has 1 N–H and O–H groups in total. The van der Waals surface area contributed by atoms with Crippen LogP contribution in [0, 0.1) is 12.8 Å². The molecule has 0 bridgehead atoms. The van der Waals surface area contributed by atoms with Crippen LogP contribution in [0.5, 0.6) is 0 Å². The Labute approximate surface area is 125 Å². The van der Waals surface area contributed by atoms with Gasteiger partial charge in [-0.15, -0.1) is 0 Å². The van der Waals surface area contributed by atoms with Crippen molar-refractivity contribution in [2.45, 2.75) is 27.3 Å². The summed E-state index contributed by atoms with van der Waals surface area (Å²) in [4.78, 5) is 4.59. The standard InChI is InChI=1S/C18H21N3/c1-13(2)11-21-12-14(3)19-18(21)20-17-9-8-15-6-4-5-7-16(15)10-17/h4-10,12-13H,11H2,1-3H3,(H,19,20). The van der Waals surface area contributed by atoms with Crippen molar-refractivity contribution in [2.75, 3.05) is 5.32 Å². The van der Waals surface area contributed by atoms with Crippen LogP contribution in [0.3, 0.4) is 0 Å². The fourth-order valence-corrected chi connectivity index (χ4v) is 2.58.